The van der Waals surface area contributed by atoms with Crippen molar-refractivity contribution in [1.29, 1.82) is 0 Å². The van der Waals surface area contributed by atoms with Gasteiger partial charge in [-0.05, 0) is 6.07 Å². The molecule has 0 saturated carbocycles. The molecule has 6 heteroatoms. The fourth-order valence-corrected chi connectivity index (χ4v) is 0.764. The van der Waals surface area contributed by atoms with Gasteiger partial charge in [0.05, 0.1) is 11.8 Å². The number of nitrogens with zero attached hydrogens (tertiary/aromatic N) is 2. The van der Waals surface area contributed by atoms with Crippen LogP contribution in [0.4, 0.5) is 18.9 Å². The molecule has 13 heavy (non-hydrogen) atoms. The van der Waals surface area contributed by atoms with Crippen molar-refractivity contribution in [3.63, 3.8) is 0 Å². The zero-order valence-electron chi connectivity index (χ0n) is 6.17. The predicted octanol–water partition coefficient (Wildman–Crippen LogP) is 2.07. The summed E-state index contributed by atoms with van der Waals surface area (Å²) in [5.74, 6) is 0. The molecule has 0 unspecified atom stereocenters. The molecule has 0 spiro atoms. The molecule has 0 radical (unpaired) electrons. The molecular formula is C7H3F3N2O. The number of carbonyl (C=O) groups excluding carboxylic acids is 1. The summed E-state index contributed by atoms with van der Waals surface area (Å²) in [6.45, 7) is 0. The Morgan fingerprint density at radius 2 is 2.15 bits per heavy atom. The summed E-state index contributed by atoms with van der Waals surface area (Å²) in [4.78, 5) is 16.1. The molecule has 3 nitrogen and oxygen atoms in total. The largest absolute Gasteiger partial charge is 0.418 e. The maximum atomic E-state index is 12.2. The minimum Gasteiger partial charge on any atom is -0.262 e. The van der Waals surface area contributed by atoms with E-state index >= 15 is 0 Å². The summed E-state index contributed by atoms with van der Waals surface area (Å²) >= 11 is 0. The molecule has 1 heterocycles. The van der Waals surface area contributed by atoms with Gasteiger partial charge in [0.1, 0.15) is 5.69 Å². The molecule has 0 fully saturated rings. The van der Waals surface area contributed by atoms with Crippen LogP contribution in [0.1, 0.15) is 5.56 Å². The van der Waals surface area contributed by atoms with E-state index in [2.05, 4.69) is 9.98 Å². The highest BCUT2D eigenvalue weighted by molar-refractivity contribution is 5.52. The lowest BCUT2D eigenvalue weighted by Crippen LogP contribution is -2.05. The fraction of sp³-hybridized carbons (Fsp3) is 0.143. The third kappa shape index (κ3) is 2.13. The van der Waals surface area contributed by atoms with Gasteiger partial charge in [-0.25, -0.2) is 4.79 Å². The van der Waals surface area contributed by atoms with Crippen molar-refractivity contribution < 1.29 is 18.0 Å². The highest BCUT2D eigenvalue weighted by Gasteiger charge is 2.33. The third-order valence-corrected chi connectivity index (χ3v) is 1.27. The van der Waals surface area contributed by atoms with Gasteiger partial charge in [0.2, 0.25) is 6.08 Å². The molecule has 0 N–H and O–H groups in total. The number of hydrogen-bond donors (Lipinski definition) is 0. The van der Waals surface area contributed by atoms with Gasteiger partial charge < -0.3 is 0 Å². The van der Waals surface area contributed by atoms with Gasteiger partial charge in [0, 0.05) is 6.20 Å². The minimum atomic E-state index is -4.53. The molecule has 0 aliphatic heterocycles. The highest BCUT2D eigenvalue weighted by Crippen LogP contribution is 2.35. The Morgan fingerprint density at radius 3 is 2.69 bits per heavy atom. The SMILES string of the molecule is O=C=Nc1cnccc1C(F)(F)F. The summed E-state index contributed by atoms with van der Waals surface area (Å²) in [5, 5.41) is 0. The average Bonchev–Trinajstić information content (AvgIpc) is 2.04. The summed E-state index contributed by atoms with van der Waals surface area (Å²) in [7, 11) is 0. The number of halogens is 3. The molecule has 1 aromatic rings. The monoisotopic (exact) mass is 188 g/mol. The molecule has 0 atom stereocenters. The van der Waals surface area contributed by atoms with E-state index < -0.39 is 17.4 Å². The van der Waals surface area contributed by atoms with Crippen molar-refractivity contribution >= 4 is 11.8 Å². The van der Waals surface area contributed by atoms with E-state index in [1.54, 1.807) is 0 Å². The van der Waals surface area contributed by atoms with E-state index in [1.165, 1.54) is 0 Å². The predicted molar refractivity (Wildman–Crippen MR) is 37.0 cm³/mol. The van der Waals surface area contributed by atoms with Gasteiger partial charge in [-0.1, -0.05) is 0 Å². The van der Waals surface area contributed by atoms with Crippen molar-refractivity contribution in [2.24, 2.45) is 4.99 Å². The Labute approximate surface area is 70.9 Å². The van der Waals surface area contributed by atoms with Crippen molar-refractivity contribution in [3.8, 4) is 0 Å². The van der Waals surface area contributed by atoms with Crippen LogP contribution in [-0.4, -0.2) is 11.1 Å². The van der Waals surface area contributed by atoms with E-state index in [-0.39, 0.29) is 0 Å². The number of aliphatic imine (C=N–C) groups is 1. The summed E-state index contributed by atoms with van der Waals surface area (Å²) < 4.78 is 36.5. The number of alkyl halides is 3. The number of rotatable bonds is 1. The minimum absolute atomic E-state index is 0.523. The number of pyridine rings is 1. The van der Waals surface area contributed by atoms with Crippen LogP contribution in [0, 0.1) is 0 Å². The molecular weight excluding hydrogens is 185 g/mol. The molecule has 0 aromatic carbocycles. The molecule has 0 amide bonds. The van der Waals surface area contributed by atoms with Crippen LogP contribution in [0.25, 0.3) is 0 Å². The van der Waals surface area contributed by atoms with Gasteiger partial charge in [-0.2, -0.15) is 18.2 Å². The third-order valence-electron chi connectivity index (χ3n) is 1.27. The quantitative estimate of drug-likeness (QED) is 0.500. The lowest BCUT2D eigenvalue weighted by molar-refractivity contribution is -0.137. The van der Waals surface area contributed by atoms with Crippen molar-refractivity contribution in [1.82, 2.24) is 4.98 Å². The highest BCUT2D eigenvalue weighted by atomic mass is 19.4. The first-order valence-corrected chi connectivity index (χ1v) is 3.15. The standard InChI is InChI=1S/C7H3F3N2O/c8-7(9,10)5-1-2-11-3-6(5)12-4-13/h1-3H. The van der Waals surface area contributed by atoms with Gasteiger partial charge in [0.25, 0.3) is 0 Å². The van der Waals surface area contributed by atoms with Crippen molar-refractivity contribution in [2.45, 2.75) is 6.18 Å². The van der Waals surface area contributed by atoms with E-state index in [0.29, 0.717) is 0 Å². The molecule has 0 saturated heterocycles. The van der Waals surface area contributed by atoms with Crippen LogP contribution in [0.2, 0.25) is 0 Å². The molecule has 68 valence electrons. The second-order valence-electron chi connectivity index (χ2n) is 2.09. The smallest absolute Gasteiger partial charge is 0.262 e. The van der Waals surface area contributed by atoms with Crippen LogP contribution in [0.3, 0.4) is 0 Å². The number of hydrogen-bond acceptors (Lipinski definition) is 3. The second kappa shape index (κ2) is 3.37. The number of isocyanates is 1. The van der Waals surface area contributed by atoms with Crippen LogP contribution in [-0.2, 0) is 11.0 Å². The summed E-state index contributed by atoms with van der Waals surface area (Å²) in [5.41, 5.74) is -1.52. The first-order chi connectivity index (χ1) is 6.05. The zero-order chi connectivity index (χ0) is 9.90. The van der Waals surface area contributed by atoms with Crippen LogP contribution >= 0.6 is 0 Å². The molecule has 0 aliphatic rings. The van der Waals surface area contributed by atoms with Gasteiger partial charge >= 0.3 is 6.18 Å². The van der Waals surface area contributed by atoms with Crippen molar-refractivity contribution in [3.05, 3.63) is 24.0 Å². The Morgan fingerprint density at radius 1 is 1.46 bits per heavy atom. The van der Waals surface area contributed by atoms with Gasteiger partial charge in [-0.15, -0.1) is 0 Å². The summed E-state index contributed by atoms with van der Waals surface area (Å²) in [6.07, 6.45) is -1.66. The Bertz CT molecular complexity index is 355. The Balaban J connectivity index is 3.27. The topological polar surface area (TPSA) is 42.3 Å². The maximum Gasteiger partial charge on any atom is 0.418 e. The summed E-state index contributed by atoms with van der Waals surface area (Å²) in [6, 6.07) is 0.746. The fourth-order valence-electron chi connectivity index (χ4n) is 0.764. The normalized spacial score (nSPS) is 10.7. The van der Waals surface area contributed by atoms with Crippen LogP contribution < -0.4 is 0 Å². The molecule has 0 bridgehead atoms. The van der Waals surface area contributed by atoms with Gasteiger partial charge in [0.15, 0.2) is 0 Å². The Kier molecular flexibility index (Phi) is 2.44. The first kappa shape index (κ1) is 9.41. The number of aromatic nitrogens is 1. The molecule has 1 rings (SSSR count). The first-order valence-electron chi connectivity index (χ1n) is 3.15. The zero-order valence-corrected chi connectivity index (χ0v) is 6.17. The van der Waals surface area contributed by atoms with E-state index in [9.17, 15) is 18.0 Å². The van der Waals surface area contributed by atoms with E-state index in [0.717, 1.165) is 24.5 Å². The lowest BCUT2D eigenvalue weighted by Gasteiger charge is -2.06. The van der Waals surface area contributed by atoms with Gasteiger partial charge in [-0.3, -0.25) is 4.98 Å². The second-order valence-corrected chi connectivity index (χ2v) is 2.09. The van der Waals surface area contributed by atoms with E-state index in [4.69, 9.17) is 0 Å². The Hall–Kier alpha value is -1.68. The van der Waals surface area contributed by atoms with Crippen LogP contribution in [0.15, 0.2) is 23.5 Å². The van der Waals surface area contributed by atoms with Crippen LogP contribution in [0.5, 0.6) is 0 Å². The lowest BCUT2D eigenvalue weighted by atomic mass is 10.2. The molecule has 1 aromatic heterocycles. The molecule has 0 aliphatic carbocycles. The average molecular weight is 188 g/mol. The maximum absolute atomic E-state index is 12.2. The van der Waals surface area contributed by atoms with E-state index in [1.807, 2.05) is 0 Å². The van der Waals surface area contributed by atoms with Crippen molar-refractivity contribution in [2.75, 3.05) is 0 Å².